The predicted molar refractivity (Wildman–Crippen MR) is 157 cm³/mol. The zero-order chi connectivity index (χ0) is 30.7. The maximum atomic E-state index is 13.4. The van der Waals surface area contributed by atoms with Crippen LogP contribution < -0.4 is 21.9 Å². The number of β-lactam (4-membered cyclic amide) rings is 1. The van der Waals surface area contributed by atoms with Crippen molar-refractivity contribution in [3.05, 3.63) is 116 Å². The van der Waals surface area contributed by atoms with E-state index < -0.39 is 58.0 Å². The van der Waals surface area contributed by atoms with Gasteiger partial charge in [-0.1, -0.05) is 72.4 Å². The molecule has 15 heteroatoms. The molecule has 1 aromatic heterocycles. The molecule has 5 N–H and O–H groups in total. The van der Waals surface area contributed by atoms with E-state index in [0.717, 1.165) is 22.9 Å². The number of hydrogen-bond acceptors (Lipinski definition) is 9. The van der Waals surface area contributed by atoms with Crippen LogP contribution in [0.2, 0.25) is 0 Å². The third kappa shape index (κ3) is 6.17. The van der Waals surface area contributed by atoms with Crippen LogP contribution in [0.4, 0.5) is 0 Å². The minimum absolute atomic E-state index is 0.0713. The topological polar surface area (TPSA) is 199 Å². The fraction of sp³-hybridized carbons (Fsp3) is 0.179. The number of aromatic amines is 2. The number of carboxylic acid groups (broad SMARTS) is 1. The molecule has 3 aromatic rings. The largest absolute Gasteiger partial charge is 0.477 e. The van der Waals surface area contributed by atoms with Crippen molar-refractivity contribution in [3.63, 3.8) is 0 Å². The summed E-state index contributed by atoms with van der Waals surface area (Å²) >= 11 is 2.18. The third-order valence-corrected chi connectivity index (χ3v) is 9.00. The molecular formula is C28H23N5O8S2. The summed E-state index contributed by atoms with van der Waals surface area (Å²) in [5, 5.41) is 14.1. The van der Waals surface area contributed by atoms with E-state index in [1.54, 1.807) is 60.7 Å². The lowest BCUT2D eigenvalue weighted by molar-refractivity contribution is -0.151. The highest BCUT2D eigenvalue weighted by molar-refractivity contribution is 8.14. The second-order valence-electron chi connectivity index (χ2n) is 9.40. The van der Waals surface area contributed by atoms with Gasteiger partial charge in [-0.15, -0.1) is 11.8 Å². The van der Waals surface area contributed by atoms with Crippen LogP contribution in [0.5, 0.6) is 0 Å². The number of carboxylic acids is 1. The number of carbonyl (C=O) groups excluding carboxylic acids is 4. The molecule has 1 fully saturated rings. The number of benzene rings is 2. The number of amides is 3. The molecule has 3 heterocycles. The van der Waals surface area contributed by atoms with Crippen LogP contribution in [-0.4, -0.2) is 71.7 Å². The first kappa shape index (κ1) is 29.6. The molecule has 0 spiro atoms. The van der Waals surface area contributed by atoms with Crippen LogP contribution in [0.15, 0.2) is 87.7 Å². The van der Waals surface area contributed by atoms with E-state index in [1.165, 1.54) is 11.8 Å². The van der Waals surface area contributed by atoms with Gasteiger partial charge in [0.15, 0.2) is 0 Å². The highest BCUT2D eigenvalue weighted by Gasteiger charge is 2.54. The molecule has 13 nitrogen and oxygen atoms in total. The van der Waals surface area contributed by atoms with E-state index in [9.17, 15) is 38.7 Å². The molecule has 43 heavy (non-hydrogen) atoms. The molecule has 3 amide bonds. The van der Waals surface area contributed by atoms with E-state index in [2.05, 4.69) is 15.6 Å². The van der Waals surface area contributed by atoms with Gasteiger partial charge in [0.2, 0.25) is 11.0 Å². The fourth-order valence-corrected chi connectivity index (χ4v) is 6.90. The summed E-state index contributed by atoms with van der Waals surface area (Å²) in [5.41, 5.74) is -1.20. The molecule has 0 saturated carbocycles. The maximum Gasteiger partial charge on any atom is 0.352 e. The van der Waals surface area contributed by atoms with Gasteiger partial charge in [-0.25, -0.2) is 9.59 Å². The predicted octanol–water partition coefficient (Wildman–Crippen LogP) is 0.846. The van der Waals surface area contributed by atoms with Crippen molar-refractivity contribution in [3.8, 4) is 0 Å². The van der Waals surface area contributed by atoms with E-state index in [4.69, 9.17) is 0 Å². The smallest absolute Gasteiger partial charge is 0.352 e. The van der Waals surface area contributed by atoms with Crippen LogP contribution in [0.25, 0.3) is 0 Å². The normalized spacial score (nSPS) is 18.2. The quantitative estimate of drug-likeness (QED) is 0.214. The molecule has 1 saturated heterocycles. The van der Waals surface area contributed by atoms with Crippen molar-refractivity contribution in [2.45, 2.75) is 17.5 Å². The molecule has 2 aliphatic heterocycles. The SMILES string of the molecule is O=C(O)C1=C(CSC(=O)c2ccccc2)CS[C@@H]2C(NC(=O)[C@H](NC(=O)c3c[nH]c(=O)[nH]c3=O)c3ccccc3)C(=O)N12. The Kier molecular flexibility index (Phi) is 8.63. The van der Waals surface area contributed by atoms with E-state index >= 15 is 0 Å². The van der Waals surface area contributed by atoms with Gasteiger partial charge in [0.25, 0.3) is 17.4 Å². The summed E-state index contributed by atoms with van der Waals surface area (Å²) in [6, 6.07) is 14.2. The number of fused-ring (bicyclic) bond motifs is 1. The van der Waals surface area contributed by atoms with Crippen LogP contribution in [0, 0.1) is 0 Å². The molecule has 1 unspecified atom stereocenters. The summed E-state index contributed by atoms with van der Waals surface area (Å²) in [5.74, 6) is -3.41. The Morgan fingerprint density at radius 3 is 2.35 bits per heavy atom. The Labute approximate surface area is 251 Å². The molecular weight excluding hydrogens is 598 g/mol. The first-order chi connectivity index (χ1) is 20.7. The van der Waals surface area contributed by atoms with Gasteiger partial charge in [-0.2, -0.15) is 0 Å². The lowest BCUT2D eigenvalue weighted by atomic mass is 10.0. The van der Waals surface area contributed by atoms with Crippen LogP contribution in [0.3, 0.4) is 0 Å². The highest BCUT2D eigenvalue weighted by Crippen LogP contribution is 2.41. The zero-order valence-corrected chi connectivity index (χ0v) is 23.7. The number of hydrogen-bond donors (Lipinski definition) is 5. The number of nitrogens with one attached hydrogen (secondary N) is 4. The van der Waals surface area contributed by atoms with Gasteiger partial charge in [0.1, 0.15) is 28.7 Å². The van der Waals surface area contributed by atoms with Gasteiger partial charge in [0, 0.05) is 23.3 Å². The second kappa shape index (κ2) is 12.5. The summed E-state index contributed by atoms with van der Waals surface area (Å²) < 4.78 is 0. The average Bonchev–Trinajstić information content (AvgIpc) is 3.01. The number of carbonyl (C=O) groups is 5. The number of thioether (sulfide) groups is 2. The number of aliphatic carboxylic acids is 1. The molecule has 0 aliphatic carbocycles. The van der Waals surface area contributed by atoms with Gasteiger partial charge in [-0.3, -0.25) is 33.9 Å². The third-order valence-electron chi connectivity index (χ3n) is 6.67. The molecule has 2 aliphatic rings. The lowest BCUT2D eigenvalue weighted by Crippen LogP contribution is -2.71. The van der Waals surface area contributed by atoms with Crippen molar-refractivity contribution < 1.29 is 29.1 Å². The zero-order valence-electron chi connectivity index (χ0n) is 22.1. The Bertz CT molecular complexity index is 1760. The van der Waals surface area contributed by atoms with Crippen molar-refractivity contribution in [2.75, 3.05) is 11.5 Å². The minimum Gasteiger partial charge on any atom is -0.477 e. The Morgan fingerprint density at radius 1 is 1.02 bits per heavy atom. The average molecular weight is 622 g/mol. The van der Waals surface area contributed by atoms with Crippen LogP contribution in [0.1, 0.15) is 32.3 Å². The number of aromatic nitrogens is 2. The van der Waals surface area contributed by atoms with E-state index in [-0.39, 0.29) is 22.3 Å². The Morgan fingerprint density at radius 2 is 1.70 bits per heavy atom. The highest BCUT2D eigenvalue weighted by atomic mass is 32.2. The lowest BCUT2D eigenvalue weighted by Gasteiger charge is -2.49. The number of H-pyrrole nitrogens is 2. The van der Waals surface area contributed by atoms with Gasteiger partial charge in [0.05, 0.1) is 0 Å². The van der Waals surface area contributed by atoms with Crippen molar-refractivity contribution in [2.24, 2.45) is 0 Å². The van der Waals surface area contributed by atoms with Crippen molar-refractivity contribution in [1.82, 2.24) is 25.5 Å². The van der Waals surface area contributed by atoms with Gasteiger partial charge < -0.3 is 20.7 Å². The summed E-state index contributed by atoms with van der Waals surface area (Å²) in [6.45, 7) is 0. The first-order valence-electron chi connectivity index (χ1n) is 12.8. The summed E-state index contributed by atoms with van der Waals surface area (Å²) in [6.07, 6.45) is 0.922. The minimum atomic E-state index is -1.33. The second-order valence-corrected chi connectivity index (χ2v) is 11.5. The van der Waals surface area contributed by atoms with Gasteiger partial charge in [-0.05, 0) is 11.1 Å². The van der Waals surface area contributed by atoms with Crippen molar-refractivity contribution in [1.29, 1.82) is 0 Å². The Hall–Kier alpha value is -4.89. The maximum absolute atomic E-state index is 13.4. The molecule has 2 aromatic carbocycles. The van der Waals surface area contributed by atoms with Crippen molar-refractivity contribution >= 4 is 52.3 Å². The molecule has 220 valence electrons. The molecule has 5 rings (SSSR count). The fourth-order valence-electron chi connectivity index (χ4n) is 4.57. The van der Waals surface area contributed by atoms with Crippen LogP contribution >= 0.6 is 23.5 Å². The van der Waals surface area contributed by atoms with E-state index in [1.807, 2.05) is 4.98 Å². The monoisotopic (exact) mass is 621 g/mol. The molecule has 0 radical (unpaired) electrons. The molecule has 0 bridgehead atoms. The number of nitrogens with zero attached hydrogens (tertiary/aromatic N) is 1. The van der Waals surface area contributed by atoms with Gasteiger partial charge >= 0.3 is 11.7 Å². The number of rotatable bonds is 9. The first-order valence-corrected chi connectivity index (χ1v) is 14.8. The summed E-state index contributed by atoms with van der Waals surface area (Å²) in [4.78, 5) is 92.9. The Balaban J connectivity index is 1.32. The summed E-state index contributed by atoms with van der Waals surface area (Å²) in [7, 11) is 0. The standard InChI is InChI=1S/C28H23N5O8S2/c34-21(17-11-29-28(41)32-22(17)35)30-18(14-7-3-1-4-8-14)23(36)31-19-24(37)33-20(26(38)39)16(12-42-25(19)33)13-43-27(40)15-9-5-2-6-10-15/h1-11,18-19,25H,12-13H2,(H,30,34)(H,31,36)(H,38,39)(H2,29,32,35,41)/t18-,19?,25-/m1/s1. The van der Waals surface area contributed by atoms with E-state index in [0.29, 0.717) is 16.7 Å². The molecule has 3 atom stereocenters. The van der Waals surface area contributed by atoms with Crippen LogP contribution in [-0.2, 0) is 14.4 Å².